The minimum atomic E-state index is 0.540. The van der Waals surface area contributed by atoms with Gasteiger partial charge >= 0.3 is 0 Å². The Morgan fingerprint density at radius 3 is 2.94 bits per heavy atom. The molecule has 2 aliphatic heterocycles. The lowest BCUT2D eigenvalue weighted by molar-refractivity contribution is 0.173. The average molecular weight is 326 g/mol. The van der Waals surface area contributed by atoms with Gasteiger partial charge in [-0.25, -0.2) is 0 Å². The lowest BCUT2D eigenvalue weighted by atomic mass is 9.66. The molecule has 0 saturated carbocycles. The van der Waals surface area contributed by atoms with E-state index < -0.39 is 0 Å². The van der Waals surface area contributed by atoms with E-state index in [0.29, 0.717) is 11.3 Å². The highest BCUT2D eigenvalue weighted by atomic mass is 79.9. The quantitative estimate of drug-likeness (QED) is 0.836. The Kier molecular flexibility index (Phi) is 4.02. The Bertz CT molecular complexity index is 406. The van der Waals surface area contributed by atoms with Crippen LogP contribution in [-0.4, -0.2) is 24.6 Å². The molecular weight excluding hydrogens is 306 g/mol. The van der Waals surface area contributed by atoms with Crippen molar-refractivity contribution in [2.24, 2.45) is 5.41 Å². The topological polar surface area (TPSA) is 12.0 Å². The summed E-state index contributed by atoms with van der Waals surface area (Å²) < 4.78 is 1.29. The normalized spacial score (nSPS) is 32.6. The Balaban J connectivity index is 1.94. The number of halogens is 1. The van der Waals surface area contributed by atoms with Crippen molar-refractivity contribution in [3.05, 3.63) is 34.3 Å². The van der Waals surface area contributed by atoms with Crippen molar-refractivity contribution in [1.29, 1.82) is 0 Å². The van der Waals surface area contributed by atoms with Gasteiger partial charge in [-0.05, 0) is 54.4 Å². The van der Waals surface area contributed by atoms with Crippen LogP contribution in [0.15, 0.2) is 28.7 Å². The molecule has 0 bridgehead atoms. The third-order valence-corrected chi connectivity index (χ3v) is 6.60. The molecule has 2 fully saturated rings. The minimum Gasteiger partial charge on any atom is -0.316 e. The summed E-state index contributed by atoms with van der Waals surface area (Å²) in [4.78, 5) is 0. The van der Waals surface area contributed by atoms with Gasteiger partial charge in [-0.15, -0.1) is 0 Å². The van der Waals surface area contributed by atoms with Gasteiger partial charge in [0.2, 0.25) is 0 Å². The highest BCUT2D eigenvalue weighted by molar-refractivity contribution is 9.10. The maximum Gasteiger partial charge on any atom is 0.0210 e. The lowest BCUT2D eigenvalue weighted by Crippen LogP contribution is -2.46. The van der Waals surface area contributed by atoms with Crippen molar-refractivity contribution in [3.63, 3.8) is 0 Å². The van der Waals surface area contributed by atoms with Crippen molar-refractivity contribution in [3.8, 4) is 0 Å². The van der Waals surface area contributed by atoms with Crippen LogP contribution in [0.3, 0.4) is 0 Å². The van der Waals surface area contributed by atoms with Gasteiger partial charge in [0.05, 0.1) is 0 Å². The zero-order valence-electron chi connectivity index (χ0n) is 10.6. The average Bonchev–Trinajstić information content (AvgIpc) is 2.41. The van der Waals surface area contributed by atoms with Gasteiger partial charge < -0.3 is 5.32 Å². The van der Waals surface area contributed by atoms with Gasteiger partial charge in [-0.2, -0.15) is 11.8 Å². The summed E-state index contributed by atoms with van der Waals surface area (Å²) in [7, 11) is 0. The smallest absolute Gasteiger partial charge is 0.0210 e. The lowest BCUT2D eigenvalue weighted by Gasteiger charge is -2.47. The van der Waals surface area contributed by atoms with E-state index in [1.54, 1.807) is 0 Å². The maximum atomic E-state index is 3.75. The Hall–Kier alpha value is 0.01000. The first kappa shape index (κ1) is 13.0. The molecule has 1 spiro atoms. The number of rotatable bonds is 1. The van der Waals surface area contributed by atoms with Gasteiger partial charge in [0.25, 0.3) is 0 Å². The molecule has 2 saturated heterocycles. The van der Waals surface area contributed by atoms with Gasteiger partial charge in [0.1, 0.15) is 0 Å². The number of benzene rings is 1. The second-order valence-electron chi connectivity index (χ2n) is 5.55. The van der Waals surface area contributed by atoms with Crippen LogP contribution >= 0.6 is 27.7 Å². The van der Waals surface area contributed by atoms with Crippen LogP contribution in [0.4, 0.5) is 0 Å². The van der Waals surface area contributed by atoms with E-state index in [2.05, 4.69) is 57.3 Å². The molecule has 98 valence electrons. The Labute approximate surface area is 122 Å². The first-order valence-corrected chi connectivity index (χ1v) is 8.79. The van der Waals surface area contributed by atoms with Crippen LogP contribution in [0.25, 0.3) is 0 Å². The van der Waals surface area contributed by atoms with Crippen molar-refractivity contribution < 1.29 is 0 Å². The fraction of sp³-hybridized carbons (Fsp3) is 0.600. The fourth-order valence-electron chi connectivity index (χ4n) is 3.52. The molecule has 2 heterocycles. The second kappa shape index (κ2) is 5.56. The molecule has 1 N–H and O–H groups in total. The first-order valence-electron chi connectivity index (χ1n) is 6.85. The van der Waals surface area contributed by atoms with Crippen LogP contribution in [0, 0.1) is 5.41 Å². The molecule has 0 amide bonds. The molecule has 2 atom stereocenters. The van der Waals surface area contributed by atoms with E-state index in [-0.39, 0.29) is 0 Å². The molecule has 1 aromatic carbocycles. The van der Waals surface area contributed by atoms with Crippen molar-refractivity contribution in [1.82, 2.24) is 5.32 Å². The van der Waals surface area contributed by atoms with E-state index in [1.165, 1.54) is 47.3 Å². The monoisotopic (exact) mass is 325 g/mol. The van der Waals surface area contributed by atoms with E-state index in [1.807, 2.05) is 0 Å². The Morgan fingerprint density at radius 1 is 1.28 bits per heavy atom. The molecule has 2 unspecified atom stereocenters. The molecule has 0 radical (unpaired) electrons. The number of nitrogens with one attached hydrogen (secondary N) is 1. The summed E-state index contributed by atoms with van der Waals surface area (Å²) in [6.45, 7) is 2.34. The molecule has 1 aromatic rings. The molecule has 18 heavy (non-hydrogen) atoms. The van der Waals surface area contributed by atoms with Crippen LogP contribution in [0.1, 0.15) is 30.7 Å². The fourth-order valence-corrected chi connectivity index (χ4v) is 5.47. The molecular formula is C15H20BrNS. The highest BCUT2D eigenvalue weighted by Crippen LogP contribution is 2.50. The van der Waals surface area contributed by atoms with Crippen molar-refractivity contribution in [2.75, 3.05) is 24.6 Å². The molecule has 3 heteroatoms. The predicted molar refractivity (Wildman–Crippen MR) is 83.4 cm³/mol. The predicted octanol–water partition coefficient (Wildman–Crippen LogP) is 4.04. The SMILES string of the molecule is Brc1ccccc1C1CNCCC12CCCSC2. The van der Waals surface area contributed by atoms with Gasteiger partial charge in [-0.3, -0.25) is 0 Å². The van der Waals surface area contributed by atoms with Gasteiger partial charge in [0, 0.05) is 16.9 Å². The first-order chi connectivity index (χ1) is 8.82. The van der Waals surface area contributed by atoms with Gasteiger partial charge in [-0.1, -0.05) is 34.1 Å². The summed E-state index contributed by atoms with van der Waals surface area (Å²) in [5.74, 6) is 3.38. The van der Waals surface area contributed by atoms with E-state index in [4.69, 9.17) is 0 Å². The van der Waals surface area contributed by atoms with E-state index in [0.717, 1.165) is 6.54 Å². The molecule has 1 nitrogen and oxygen atoms in total. The zero-order chi connectivity index (χ0) is 12.4. The molecule has 0 aromatic heterocycles. The maximum absolute atomic E-state index is 3.75. The van der Waals surface area contributed by atoms with E-state index >= 15 is 0 Å². The standard InChI is InChI=1S/C15H20BrNS/c16-14-5-2-1-4-12(14)13-10-17-8-7-15(13)6-3-9-18-11-15/h1-2,4-5,13,17H,3,6-11H2. The summed E-state index contributed by atoms with van der Waals surface area (Å²) in [5.41, 5.74) is 2.05. The zero-order valence-corrected chi connectivity index (χ0v) is 13.0. The Morgan fingerprint density at radius 2 is 2.17 bits per heavy atom. The van der Waals surface area contributed by atoms with Crippen LogP contribution in [0.2, 0.25) is 0 Å². The van der Waals surface area contributed by atoms with Crippen LogP contribution in [0.5, 0.6) is 0 Å². The largest absolute Gasteiger partial charge is 0.316 e. The molecule has 0 aliphatic carbocycles. The molecule has 3 rings (SSSR count). The third-order valence-electron chi connectivity index (χ3n) is 4.52. The summed E-state index contributed by atoms with van der Waals surface area (Å²) >= 11 is 5.91. The number of hydrogen-bond acceptors (Lipinski definition) is 2. The third kappa shape index (κ3) is 2.37. The minimum absolute atomic E-state index is 0.540. The summed E-state index contributed by atoms with van der Waals surface area (Å²) in [6, 6.07) is 8.79. The number of hydrogen-bond donors (Lipinski definition) is 1. The number of thioether (sulfide) groups is 1. The molecule has 2 aliphatic rings. The van der Waals surface area contributed by atoms with Gasteiger partial charge in [0.15, 0.2) is 0 Å². The van der Waals surface area contributed by atoms with E-state index in [9.17, 15) is 0 Å². The summed E-state index contributed by atoms with van der Waals surface area (Å²) in [6.07, 6.45) is 4.14. The summed E-state index contributed by atoms with van der Waals surface area (Å²) in [5, 5.41) is 3.60. The second-order valence-corrected chi connectivity index (χ2v) is 7.51. The highest BCUT2D eigenvalue weighted by Gasteiger charge is 2.42. The van der Waals surface area contributed by atoms with Crippen molar-refractivity contribution in [2.45, 2.75) is 25.2 Å². The van der Waals surface area contributed by atoms with Crippen molar-refractivity contribution >= 4 is 27.7 Å². The van der Waals surface area contributed by atoms with Crippen LogP contribution < -0.4 is 5.32 Å². The number of piperidine rings is 1. The van der Waals surface area contributed by atoms with Crippen LogP contribution in [-0.2, 0) is 0 Å².